The maximum atomic E-state index is 11.9. The Labute approximate surface area is 91.6 Å². The van der Waals surface area contributed by atoms with Gasteiger partial charge in [-0.25, -0.2) is 0 Å². The number of alkyl halides is 3. The van der Waals surface area contributed by atoms with Gasteiger partial charge in [0.2, 0.25) is 0 Å². The van der Waals surface area contributed by atoms with Gasteiger partial charge < -0.3 is 9.26 Å². The fourth-order valence-corrected chi connectivity index (χ4v) is 1.30. The van der Waals surface area contributed by atoms with Crippen molar-refractivity contribution in [1.29, 1.82) is 0 Å². The van der Waals surface area contributed by atoms with Gasteiger partial charge in [0.1, 0.15) is 0 Å². The first-order valence-electron chi connectivity index (χ1n) is 4.77. The first-order valence-corrected chi connectivity index (χ1v) is 4.77. The monoisotopic (exact) mass is 237 g/mol. The molecule has 1 heterocycles. The van der Waals surface area contributed by atoms with Gasteiger partial charge in [0.05, 0.1) is 11.3 Å². The summed E-state index contributed by atoms with van der Waals surface area (Å²) in [6.45, 7) is 5.94. The lowest BCUT2D eigenvalue weighted by molar-refractivity contribution is -0.156. The van der Waals surface area contributed by atoms with Crippen molar-refractivity contribution < 1.29 is 22.4 Å². The van der Waals surface area contributed by atoms with Crippen LogP contribution in [0, 0.1) is 6.92 Å². The van der Waals surface area contributed by atoms with E-state index in [1.807, 2.05) is 20.8 Å². The van der Waals surface area contributed by atoms with Gasteiger partial charge in [-0.05, 0) is 6.92 Å². The quantitative estimate of drug-likeness (QED) is 0.792. The van der Waals surface area contributed by atoms with Crippen molar-refractivity contribution in [3.63, 3.8) is 0 Å². The van der Waals surface area contributed by atoms with Crippen molar-refractivity contribution in [1.82, 2.24) is 5.16 Å². The van der Waals surface area contributed by atoms with Crippen LogP contribution in [-0.4, -0.2) is 17.9 Å². The Morgan fingerprint density at radius 3 is 2.19 bits per heavy atom. The Morgan fingerprint density at radius 1 is 1.25 bits per heavy atom. The standard InChI is InChI=1S/C10H14F3NO2/c1-6-7(9(2,3)4)14-16-8(6)15-5-10(11,12)13/h5H2,1-4H3. The molecule has 0 spiro atoms. The topological polar surface area (TPSA) is 35.3 Å². The summed E-state index contributed by atoms with van der Waals surface area (Å²) in [4.78, 5) is 0. The van der Waals surface area contributed by atoms with Crippen LogP contribution in [0.1, 0.15) is 32.0 Å². The lowest BCUT2D eigenvalue weighted by Gasteiger charge is -2.14. The van der Waals surface area contributed by atoms with E-state index in [0.29, 0.717) is 11.3 Å². The van der Waals surface area contributed by atoms with E-state index in [2.05, 4.69) is 9.89 Å². The summed E-state index contributed by atoms with van der Waals surface area (Å²) >= 11 is 0. The van der Waals surface area contributed by atoms with Gasteiger partial charge in [0.15, 0.2) is 6.61 Å². The number of hydrogen-bond acceptors (Lipinski definition) is 3. The Hall–Kier alpha value is -1.20. The second-order valence-corrected chi connectivity index (χ2v) is 4.60. The van der Waals surface area contributed by atoms with Gasteiger partial charge in [-0.1, -0.05) is 25.9 Å². The molecule has 0 aliphatic carbocycles. The molecule has 0 N–H and O–H groups in total. The van der Waals surface area contributed by atoms with Crippen LogP contribution in [0.3, 0.4) is 0 Å². The molecule has 0 aliphatic heterocycles. The Morgan fingerprint density at radius 2 is 1.81 bits per heavy atom. The smallest absolute Gasteiger partial charge is 0.422 e. The van der Waals surface area contributed by atoms with Gasteiger partial charge in [-0.15, -0.1) is 0 Å². The van der Waals surface area contributed by atoms with E-state index in [1.165, 1.54) is 0 Å². The average molecular weight is 237 g/mol. The molecule has 92 valence electrons. The van der Waals surface area contributed by atoms with E-state index in [9.17, 15) is 13.2 Å². The third kappa shape index (κ3) is 3.15. The van der Waals surface area contributed by atoms with Crippen LogP contribution in [0.25, 0.3) is 0 Å². The summed E-state index contributed by atoms with van der Waals surface area (Å²) in [5.41, 5.74) is 0.828. The maximum Gasteiger partial charge on any atom is 0.422 e. The zero-order valence-electron chi connectivity index (χ0n) is 9.60. The molecular weight excluding hydrogens is 223 g/mol. The maximum absolute atomic E-state index is 11.9. The Kier molecular flexibility index (Phi) is 3.21. The van der Waals surface area contributed by atoms with E-state index >= 15 is 0 Å². The molecule has 0 bridgehead atoms. The van der Waals surface area contributed by atoms with Crippen LogP contribution in [0.4, 0.5) is 13.2 Å². The van der Waals surface area contributed by atoms with Crippen molar-refractivity contribution in [3.05, 3.63) is 11.3 Å². The molecule has 3 nitrogen and oxygen atoms in total. The normalized spacial score (nSPS) is 12.9. The molecule has 1 aromatic heterocycles. The van der Waals surface area contributed by atoms with Gasteiger partial charge in [-0.2, -0.15) is 13.2 Å². The number of hydrogen-bond donors (Lipinski definition) is 0. The van der Waals surface area contributed by atoms with Crippen LogP contribution in [0.2, 0.25) is 0 Å². The molecule has 6 heteroatoms. The highest BCUT2D eigenvalue weighted by Gasteiger charge is 2.31. The minimum absolute atomic E-state index is 0.165. The fourth-order valence-electron chi connectivity index (χ4n) is 1.30. The van der Waals surface area contributed by atoms with E-state index in [4.69, 9.17) is 4.52 Å². The molecule has 0 atom stereocenters. The second kappa shape index (κ2) is 3.99. The summed E-state index contributed by atoms with van der Waals surface area (Å²) in [6.07, 6.45) is -4.37. The highest BCUT2D eigenvalue weighted by Crippen LogP contribution is 2.31. The lowest BCUT2D eigenvalue weighted by atomic mass is 9.90. The molecule has 0 aromatic carbocycles. The van der Waals surface area contributed by atoms with Crippen molar-refractivity contribution in [2.45, 2.75) is 39.3 Å². The highest BCUT2D eigenvalue weighted by atomic mass is 19.4. The summed E-state index contributed by atoms with van der Waals surface area (Å²) in [6, 6.07) is 0. The molecule has 0 aliphatic rings. The summed E-state index contributed by atoms with van der Waals surface area (Å²) in [5, 5.41) is 3.72. The summed E-state index contributed by atoms with van der Waals surface area (Å²) < 4.78 is 45.0. The van der Waals surface area contributed by atoms with Gasteiger partial charge >= 0.3 is 12.1 Å². The SMILES string of the molecule is Cc1c(C(C)(C)C)noc1OCC(F)(F)F. The Bertz CT molecular complexity index is 363. The number of ether oxygens (including phenoxy) is 1. The first kappa shape index (κ1) is 12.9. The molecule has 1 aromatic rings. The number of aromatic nitrogens is 1. The molecule has 1 rings (SSSR count). The van der Waals surface area contributed by atoms with Crippen LogP contribution in [0.5, 0.6) is 5.95 Å². The van der Waals surface area contributed by atoms with E-state index in [0.717, 1.165) is 0 Å². The van der Waals surface area contributed by atoms with Crippen LogP contribution in [-0.2, 0) is 5.41 Å². The first-order chi connectivity index (χ1) is 7.11. The van der Waals surface area contributed by atoms with Crippen LogP contribution in [0.15, 0.2) is 4.52 Å². The van der Waals surface area contributed by atoms with Crippen molar-refractivity contribution >= 4 is 0 Å². The van der Waals surface area contributed by atoms with E-state index in [1.54, 1.807) is 6.92 Å². The summed E-state index contributed by atoms with van der Waals surface area (Å²) in [7, 11) is 0. The van der Waals surface area contributed by atoms with Crippen LogP contribution < -0.4 is 4.74 Å². The lowest BCUT2D eigenvalue weighted by Crippen LogP contribution is -2.19. The Balaban J connectivity index is 2.81. The number of rotatable bonds is 2. The number of halogens is 3. The van der Waals surface area contributed by atoms with Crippen molar-refractivity contribution in [3.8, 4) is 5.95 Å². The molecule has 0 fully saturated rings. The van der Waals surface area contributed by atoms with Gasteiger partial charge in [0, 0.05) is 5.41 Å². The third-order valence-electron chi connectivity index (χ3n) is 1.96. The molecule has 0 saturated carbocycles. The van der Waals surface area contributed by atoms with Gasteiger partial charge in [-0.3, -0.25) is 0 Å². The largest absolute Gasteiger partial charge is 0.454 e. The average Bonchev–Trinajstić information content (AvgIpc) is 2.41. The molecule has 0 saturated heterocycles. The van der Waals surface area contributed by atoms with Gasteiger partial charge in [0.25, 0.3) is 0 Å². The zero-order valence-corrected chi connectivity index (χ0v) is 9.60. The summed E-state index contributed by atoms with van der Waals surface area (Å²) in [5.74, 6) is -0.165. The van der Waals surface area contributed by atoms with E-state index in [-0.39, 0.29) is 11.4 Å². The third-order valence-corrected chi connectivity index (χ3v) is 1.96. The number of nitrogens with zero attached hydrogens (tertiary/aromatic N) is 1. The minimum Gasteiger partial charge on any atom is -0.454 e. The van der Waals surface area contributed by atoms with Crippen LogP contribution >= 0.6 is 0 Å². The fraction of sp³-hybridized carbons (Fsp3) is 0.700. The van der Waals surface area contributed by atoms with Crippen molar-refractivity contribution in [2.75, 3.05) is 6.61 Å². The molecule has 0 radical (unpaired) electrons. The predicted molar refractivity (Wildman–Crippen MR) is 51.5 cm³/mol. The molecular formula is C10H14F3NO2. The molecule has 0 amide bonds. The second-order valence-electron chi connectivity index (χ2n) is 4.60. The molecule has 16 heavy (non-hydrogen) atoms. The predicted octanol–water partition coefficient (Wildman–Crippen LogP) is 3.22. The zero-order chi connectivity index (χ0) is 12.6. The van der Waals surface area contributed by atoms with Crippen molar-refractivity contribution in [2.24, 2.45) is 0 Å². The highest BCUT2D eigenvalue weighted by molar-refractivity contribution is 5.30. The van der Waals surface area contributed by atoms with E-state index < -0.39 is 12.8 Å². The molecule has 0 unspecified atom stereocenters. The minimum atomic E-state index is -4.37.